The molecule has 1 unspecified atom stereocenters. The summed E-state index contributed by atoms with van der Waals surface area (Å²) in [5.74, 6) is 0.683. The summed E-state index contributed by atoms with van der Waals surface area (Å²) in [6.45, 7) is 3.37. The Hall–Kier alpha value is -1.56. The van der Waals surface area contributed by atoms with Crippen molar-refractivity contribution < 1.29 is 4.79 Å². The molecule has 25 heavy (non-hydrogen) atoms. The minimum absolute atomic E-state index is 0.345. The number of carbonyl (C=O) groups is 1. The predicted octanol–water partition coefficient (Wildman–Crippen LogP) is 3.79. The highest BCUT2D eigenvalue weighted by Gasteiger charge is 2.36. The van der Waals surface area contributed by atoms with E-state index in [1.807, 2.05) is 12.1 Å². The minimum Gasteiger partial charge on any atom is -0.366 e. The number of aromatic nitrogens is 1. The van der Waals surface area contributed by atoms with Gasteiger partial charge in [0.05, 0.1) is 5.02 Å². The molecular formula is C19H20ClN3OS. The molecule has 130 valence electrons. The summed E-state index contributed by atoms with van der Waals surface area (Å²) in [6.07, 6.45) is 5.85. The number of nitrogens with zero attached hydrogens (tertiary/aromatic N) is 2. The number of pyridine rings is 1. The first-order valence-electron chi connectivity index (χ1n) is 8.55. The standard InChI is InChI=1S/C19H20ClN3OS/c20-17-3-6-22-10-18(17)25-13-1-2-14(19(21)24)15(9-13)16-11-23-7-4-12(16)5-8-23/h1-3,6,9-10,12,16H,4-5,7-8,11H2,(H2,21,24). The molecule has 6 heteroatoms. The molecule has 1 aromatic heterocycles. The number of fused-ring (bicyclic) bond motifs is 3. The molecule has 3 aliphatic rings. The van der Waals surface area contributed by atoms with Crippen LogP contribution in [-0.2, 0) is 0 Å². The molecule has 4 nitrogen and oxygen atoms in total. The molecule has 3 fully saturated rings. The van der Waals surface area contributed by atoms with Crippen molar-refractivity contribution in [3.63, 3.8) is 0 Å². The third-order valence-electron chi connectivity index (χ3n) is 5.31. The van der Waals surface area contributed by atoms with Gasteiger partial charge in [0, 0.05) is 40.2 Å². The normalized spacial score (nSPS) is 25.1. The van der Waals surface area contributed by atoms with E-state index in [9.17, 15) is 4.79 Å². The second-order valence-electron chi connectivity index (χ2n) is 6.77. The Bertz CT molecular complexity index is 805. The van der Waals surface area contributed by atoms with E-state index in [1.165, 1.54) is 25.9 Å². The summed E-state index contributed by atoms with van der Waals surface area (Å²) in [4.78, 5) is 20.6. The molecule has 5 rings (SSSR count). The van der Waals surface area contributed by atoms with E-state index in [1.54, 1.807) is 30.2 Å². The highest BCUT2D eigenvalue weighted by atomic mass is 35.5. The van der Waals surface area contributed by atoms with Crippen LogP contribution >= 0.6 is 23.4 Å². The highest BCUT2D eigenvalue weighted by Crippen LogP contribution is 2.42. The molecule has 2 N–H and O–H groups in total. The molecule has 0 saturated carbocycles. The van der Waals surface area contributed by atoms with Crippen LogP contribution in [0.1, 0.15) is 34.7 Å². The lowest BCUT2D eigenvalue weighted by Gasteiger charge is -2.45. The van der Waals surface area contributed by atoms with Crippen LogP contribution < -0.4 is 5.73 Å². The van der Waals surface area contributed by atoms with Gasteiger partial charge in [-0.25, -0.2) is 0 Å². The van der Waals surface area contributed by atoms with Crippen LogP contribution in [0.15, 0.2) is 46.5 Å². The van der Waals surface area contributed by atoms with Gasteiger partial charge in [-0.1, -0.05) is 23.4 Å². The maximum absolute atomic E-state index is 12.0. The zero-order valence-corrected chi connectivity index (χ0v) is 15.4. The lowest BCUT2D eigenvalue weighted by molar-refractivity contribution is 0.0855. The number of hydrogen-bond acceptors (Lipinski definition) is 4. The van der Waals surface area contributed by atoms with Crippen molar-refractivity contribution in [3.05, 3.63) is 52.8 Å². The lowest BCUT2D eigenvalue weighted by Crippen LogP contribution is -2.46. The number of halogens is 1. The molecule has 0 spiro atoms. The van der Waals surface area contributed by atoms with E-state index < -0.39 is 0 Å². The lowest BCUT2D eigenvalue weighted by atomic mass is 9.74. The van der Waals surface area contributed by atoms with Crippen LogP contribution in [0.3, 0.4) is 0 Å². The molecule has 4 heterocycles. The van der Waals surface area contributed by atoms with Crippen molar-refractivity contribution in [2.24, 2.45) is 11.7 Å². The average Bonchev–Trinajstić information content (AvgIpc) is 2.64. The number of rotatable bonds is 4. The third-order valence-corrected chi connectivity index (χ3v) is 6.78. The molecule has 1 atom stereocenters. The van der Waals surface area contributed by atoms with Crippen LogP contribution in [0.2, 0.25) is 5.02 Å². The quantitative estimate of drug-likeness (QED) is 0.885. The van der Waals surface area contributed by atoms with E-state index in [2.05, 4.69) is 16.0 Å². The zero-order chi connectivity index (χ0) is 17.4. The summed E-state index contributed by atoms with van der Waals surface area (Å²) in [5, 5.41) is 0.684. The van der Waals surface area contributed by atoms with Crippen molar-refractivity contribution in [1.29, 1.82) is 0 Å². The molecular weight excluding hydrogens is 354 g/mol. The number of amides is 1. The second kappa shape index (κ2) is 6.98. The Labute approximate surface area is 156 Å². The first-order valence-corrected chi connectivity index (χ1v) is 9.75. The zero-order valence-electron chi connectivity index (χ0n) is 13.8. The topological polar surface area (TPSA) is 59.2 Å². The van der Waals surface area contributed by atoms with Gasteiger partial charge in [0.15, 0.2) is 0 Å². The maximum atomic E-state index is 12.0. The van der Waals surface area contributed by atoms with Gasteiger partial charge in [0.1, 0.15) is 0 Å². The third kappa shape index (κ3) is 3.41. The number of benzene rings is 1. The van der Waals surface area contributed by atoms with Crippen molar-refractivity contribution >= 4 is 29.3 Å². The Morgan fingerprint density at radius 3 is 2.72 bits per heavy atom. The van der Waals surface area contributed by atoms with Crippen molar-refractivity contribution in [1.82, 2.24) is 9.88 Å². The number of carbonyl (C=O) groups excluding carboxylic acids is 1. The first kappa shape index (κ1) is 16.9. The van der Waals surface area contributed by atoms with Gasteiger partial charge in [-0.15, -0.1) is 0 Å². The Morgan fingerprint density at radius 1 is 1.28 bits per heavy atom. The summed E-state index contributed by atoms with van der Waals surface area (Å²) >= 11 is 7.83. The van der Waals surface area contributed by atoms with E-state index in [4.69, 9.17) is 17.3 Å². The van der Waals surface area contributed by atoms with Gasteiger partial charge in [0.25, 0.3) is 0 Å². The summed E-state index contributed by atoms with van der Waals surface area (Å²) in [7, 11) is 0. The second-order valence-corrected chi connectivity index (χ2v) is 8.29. The molecule has 2 bridgehead atoms. The molecule has 1 amide bonds. The highest BCUT2D eigenvalue weighted by molar-refractivity contribution is 7.99. The van der Waals surface area contributed by atoms with E-state index in [-0.39, 0.29) is 5.91 Å². The van der Waals surface area contributed by atoms with Crippen molar-refractivity contribution in [2.45, 2.75) is 28.6 Å². The van der Waals surface area contributed by atoms with Crippen LogP contribution in [0, 0.1) is 5.92 Å². The first-order chi connectivity index (χ1) is 12.1. The predicted molar refractivity (Wildman–Crippen MR) is 100 cm³/mol. The minimum atomic E-state index is -0.345. The van der Waals surface area contributed by atoms with Crippen LogP contribution in [-0.4, -0.2) is 35.4 Å². The maximum Gasteiger partial charge on any atom is 0.248 e. The monoisotopic (exact) mass is 373 g/mol. The fourth-order valence-electron chi connectivity index (χ4n) is 4.02. The van der Waals surface area contributed by atoms with Gasteiger partial charge in [-0.05, 0) is 61.7 Å². The Kier molecular flexibility index (Phi) is 4.71. The number of piperidine rings is 3. The van der Waals surface area contributed by atoms with Gasteiger partial charge in [-0.3, -0.25) is 9.78 Å². The summed E-state index contributed by atoms with van der Waals surface area (Å²) < 4.78 is 0. The molecule has 0 radical (unpaired) electrons. The molecule has 3 aliphatic heterocycles. The fourth-order valence-corrected chi connectivity index (χ4v) is 5.09. The Morgan fingerprint density at radius 2 is 2.08 bits per heavy atom. The van der Waals surface area contributed by atoms with Crippen molar-refractivity contribution in [2.75, 3.05) is 19.6 Å². The van der Waals surface area contributed by atoms with Gasteiger partial charge in [-0.2, -0.15) is 0 Å². The summed E-state index contributed by atoms with van der Waals surface area (Å²) in [5.41, 5.74) is 7.40. The molecule has 2 aromatic rings. The smallest absolute Gasteiger partial charge is 0.248 e. The summed E-state index contributed by atoms with van der Waals surface area (Å²) in [6, 6.07) is 7.72. The largest absolute Gasteiger partial charge is 0.366 e. The van der Waals surface area contributed by atoms with Crippen LogP contribution in [0.4, 0.5) is 0 Å². The number of hydrogen-bond donors (Lipinski definition) is 1. The molecule has 0 aliphatic carbocycles. The molecule has 1 aromatic carbocycles. The van der Waals surface area contributed by atoms with Crippen LogP contribution in [0.5, 0.6) is 0 Å². The number of primary amides is 1. The average molecular weight is 374 g/mol. The van der Waals surface area contributed by atoms with Crippen molar-refractivity contribution in [3.8, 4) is 0 Å². The van der Waals surface area contributed by atoms with E-state index >= 15 is 0 Å². The molecule has 3 saturated heterocycles. The van der Waals surface area contributed by atoms with Gasteiger partial charge < -0.3 is 10.6 Å². The van der Waals surface area contributed by atoms with Gasteiger partial charge >= 0.3 is 0 Å². The van der Waals surface area contributed by atoms with Gasteiger partial charge in [0.2, 0.25) is 5.91 Å². The fraction of sp³-hybridized carbons (Fsp3) is 0.368. The Balaban J connectivity index is 1.69. The SMILES string of the molecule is NC(=O)c1ccc(Sc2cnccc2Cl)cc1C1CN2CCC1CC2. The van der Waals surface area contributed by atoms with E-state index in [0.717, 1.165) is 21.9 Å². The number of nitrogens with two attached hydrogens (primary N) is 1. The van der Waals surface area contributed by atoms with E-state index in [0.29, 0.717) is 22.4 Å². The van der Waals surface area contributed by atoms with Crippen LogP contribution in [0.25, 0.3) is 0 Å².